The Hall–Kier alpha value is -2.88. The van der Waals surface area contributed by atoms with E-state index < -0.39 is 0 Å². The van der Waals surface area contributed by atoms with Gasteiger partial charge in [0.15, 0.2) is 5.82 Å². The minimum atomic E-state index is -0.286. The van der Waals surface area contributed by atoms with E-state index in [0.717, 1.165) is 17.8 Å². The molecule has 0 aliphatic rings. The molecule has 1 N–H and O–H groups in total. The number of ether oxygens (including phenoxy) is 1. The second-order valence-corrected chi connectivity index (χ2v) is 7.20. The number of hydrogen-bond acceptors (Lipinski definition) is 8. The number of aryl methyl sites for hydroxylation is 1. The van der Waals surface area contributed by atoms with Crippen LogP contribution in [0.3, 0.4) is 0 Å². The number of hydrogen-bond donors (Lipinski definition) is 1. The molecule has 0 bridgehead atoms. The highest BCUT2D eigenvalue weighted by Crippen LogP contribution is 2.20. The zero-order valence-electron chi connectivity index (χ0n) is 15.6. The first kappa shape index (κ1) is 18.9. The van der Waals surface area contributed by atoms with E-state index in [0.29, 0.717) is 28.1 Å². The molecule has 3 aromatic heterocycles. The first-order valence-corrected chi connectivity index (χ1v) is 9.47. The fraction of sp³-hybridized carbons (Fsp3) is 0.412. The van der Waals surface area contributed by atoms with Crippen molar-refractivity contribution >= 4 is 22.4 Å². The van der Waals surface area contributed by atoms with E-state index in [-0.39, 0.29) is 12.0 Å². The summed E-state index contributed by atoms with van der Waals surface area (Å²) in [6.45, 7) is 7.71. The first-order chi connectivity index (χ1) is 13.0. The summed E-state index contributed by atoms with van der Waals surface area (Å²) in [5.74, 6) is 0.692. The summed E-state index contributed by atoms with van der Waals surface area (Å²) in [6.07, 6.45) is 4.74. The summed E-state index contributed by atoms with van der Waals surface area (Å²) in [7, 11) is 0. The third kappa shape index (κ3) is 4.45. The van der Waals surface area contributed by atoms with Gasteiger partial charge in [0.25, 0.3) is 5.91 Å². The van der Waals surface area contributed by atoms with Gasteiger partial charge in [-0.15, -0.1) is 10.2 Å². The molecule has 0 saturated heterocycles. The molecule has 0 radical (unpaired) electrons. The number of nitrogens with one attached hydrogen (secondary N) is 1. The molecule has 3 aromatic rings. The van der Waals surface area contributed by atoms with Gasteiger partial charge in [0.05, 0.1) is 23.6 Å². The lowest BCUT2D eigenvalue weighted by Crippen LogP contribution is -2.13. The van der Waals surface area contributed by atoms with Crippen LogP contribution >= 0.6 is 11.3 Å². The molecular weight excluding hydrogens is 366 g/mol. The Bertz CT molecular complexity index is 935. The lowest BCUT2D eigenvalue weighted by molar-refractivity contribution is 0.102. The van der Waals surface area contributed by atoms with E-state index in [1.165, 1.54) is 23.9 Å². The summed E-state index contributed by atoms with van der Waals surface area (Å²) < 4.78 is 7.16. The largest absolute Gasteiger partial charge is 0.475 e. The zero-order valence-corrected chi connectivity index (χ0v) is 16.4. The number of rotatable bonds is 7. The van der Waals surface area contributed by atoms with Gasteiger partial charge in [-0.3, -0.25) is 10.1 Å². The van der Waals surface area contributed by atoms with Crippen LogP contribution in [0.15, 0.2) is 18.6 Å². The normalized spacial score (nSPS) is 11.0. The van der Waals surface area contributed by atoms with Crippen LogP contribution in [0.4, 0.5) is 5.13 Å². The van der Waals surface area contributed by atoms with E-state index in [9.17, 15) is 4.79 Å². The molecule has 3 heterocycles. The maximum atomic E-state index is 12.6. The molecule has 3 rings (SSSR count). The third-order valence-corrected chi connectivity index (χ3v) is 4.51. The minimum Gasteiger partial charge on any atom is -0.475 e. The number of carbonyl (C=O) groups excluding carboxylic acids is 1. The van der Waals surface area contributed by atoms with Crippen LogP contribution in [-0.2, 0) is 6.42 Å². The summed E-state index contributed by atoms with van der Waals surface area (Å²) in [4.78, 5) is 20.9. The average molecular weight is 387 g/mol. The Morgan fingerprint density at radius 2 is 2.15 bits per heavy atom. The second-order valence-electron chi connectivity index (χ2n) is 6.14. The first-order valence-electron chi connectivity index (χ1n) is 8.65. The molecule has 0 unspecified atom stereocenters. The number of amides is 1. The van der Waals surface area contributed by atoms with Gasteiger partial charge in [-0.2, -0.15) is 5.10 Å². The Morgan fingerprint density at radius 1 is 1.33 bits per heavy atom. The average Bonchev–Trinajstić information content (AvgIpc) is 3.21. The lowest BCUT2D eigenvalue weighted by Gasteiger charge is -2.10. The van der Waals surface area contributed by atoms with E-state index >= 15 is 0 Å². The van der Waals surface area contributed by atoms with E-state index in [1.54, 1.807) is 17.7 Å². The molecule has 0 fully saturated rings. The molecule has 0 aliphatic carbocycles. The van der Waals surface area contributed by atoms with Crippen LogP contribution in [-0.4, -0.2) is 42.0 Å². The lowest BCUT2D eigenvalue weighted by atomic mass is 10.2. The number of aromatic nitrogens is 6. The SMILES string of the molecule is CCCc1nnc(NC(=O)c2cnn(-c3cc(OC(C)C)ncn3)c2C)s1. The molecule has 9 nitrogen and oxygen atoms in total. The molecule has 27 heavy (non-hydrogen) atoms. The van der Waals surface area contributed by atoms with Crippen molar-refractivity contribution in [2.24, 2.45) is 0 Å². The van der Waals surface area contributed by atoms with Crippen molar-refractivity contribution in [1.29, 1.82) is 0 Å². The van der Waals surface area contributed by atoms with E-state index in [4.69, 9.17) is 4.74 Å². The molecule has 0 aromatic carbocycles. The monoisotopic (exact) mass is 387 g/mol. The minimum absolute atomic E-state index is 0.00249. The quantitative estimate of drug-likeness (QED) is 0.664. The summed E-state index contributed by atoms with van der Waals surface area (Å²) in [5, 5.41) is 16.5. The van der Waals surface area contributed by atoms with E-state index in [1.807, 2.05) is 13.8 Å². The molecule has 10 heteroatoms. The van der Waals surface area contributed by atoms with Gasteiger partial charge in [0.1, 0.15) is 11.3 Å². The summed E-state index contributed by atoms with van der Waals surface area (Å²) in [6, 6.07) is 1.68. The fourth-order valence-corrected chi connectivity index (χ4v) is 3.24. The van der Waals surface area contributed by atoms with Crippen LogP contribution in [0.5, 0.6) is 5.88 Å². The van der Waals surface area contributed by atoms with Gasteiger partial charge in [0.2, 0.25) is 11.0 Å². The zero-order chi connectivity index (χ0) is 19.4. The number of carbonyl (C=O) groups is 1. The van der Waals surface area contributed by atoms with Gasteiger partial charge in [-0.05, 0) is 27.2 Å². The van der Waals surface area contributed by atoms with Crippen molar-refractivity contribution in [2.45, 2.75) is 46.6 Å². The van der Waals surface area contributed by atoms with Gasteiger partial charge in [0, 0.05) is 12.5 Å². The van der Waals surface area contributed by atoms with Crippen LogP contribution in [0.2, 0.25) is 0 Å². The van der Waals surface area contributed by atoms with Crippen molar-refractivity contribution in [3.8, 4) is 11.7 Å². The molecule has 0 atom stereocenters. The highest BCUT2D eigenvalue weighted by atomic mass is 32.1. The topological polar surface area (TPSA) is 108 Å². The van der Waals surface area contributed by atoms with Crippen LogP contribution < -0.4 is 10.1 Å². The van der Waals surface area contributed by atoms with Gasteiger partial charge in [-0.1, -0.05) is 18.3 Å². The van der Waals surface area contributed by atoms with Crippen molar-refractivity contribution in [3.63, 3.8) is 0 Å². The standard InChI is InChI=1S/C17H21N7O2S/c1-5-6-15-22-23-17(27-15)21-16(25)12-8-20-24(11(12)4)13-7-14(19-9-18-13)26-10(2)3/h7-10H,5-6H2,1-4H3,(H,21,23,25). The summed E-state index contributed by atoms with van der Waals surface area (Å²) in [5.41, 5.74) is 1.09. The van der Waals surface area contributed by atoms with Crippen LogP contribution in [0, 0.1) is 6.92 Å². The molecule has 1 amide bonds. The molecule has 0 spiro atoms. The second kappa shape index (κ2) is 8.21. The molecule has 142 valence electrons. The maximum Gasteiger partial charge on any atom is 0.260 e. The van der Waals surface area contributed by atoms with Crippen molar-refractivity contribution < 1.29 is 9.53 Å². The highest BCUT2D eigenvalue weighted by Gasteiger charge is 2.18. The Balaban J connectivity index is 1.79. The van der Waals surface area contributed by atoms with Crippen molar-refractivity contribution in [1.82, 2.24) is 29.9 Å². The highest BCUT2D eigenvalue weighted by molar-refractivity contribution is 7.15. The number of nitrogens with zero attached hydrogens (tertiary/aromatic N) is 6. The fourth-order valence-electron chi connectivity index (χ4n) is 2.40. The van der Waals surface area contributed by atoms with Gasteiger partial charge in [-0.25, -0.2) is 14.6 Å². The Morgan fingerprint density at radius 3 is 2.89 bits per heavy atom. The van der Waals surface area contributed by atoms with E-state index in [2.05, 4.69) is 37.5 Å². The smallest absolute Gasteiger partial charge is 0.260 e. The van der Waals surface area contributed by atoms with Crippen LogP contribution in [0.25, 0.3) is 5.82 Å². The van der Waals surface area contributed by atoms with Crippen LogP contribution in [0.1, 0.15) is 48.3 Å². The molecule has 0 saturated carbocycles. The Kier molecular flexibility index (Phi) is 5.75. The molecule has 0 aliphatic heterocycles. The molecular formula is C17H21N7O2S. The summed E-state index contributed by atoms with van der Waals surface area (Å²) >= 11 is 1.38. The van der Waals surface area contributed by atoms with Crippen molar-refractivity contribution in [2.75, 3.05) is 5.32 Å². The predicted molar refractivity (Wildman–Crippen MR) is 102 cm³/mol. The Labute approximate surface area is 160 Å². The predicted octanol–water partition coefficient (Wildman–Crippen LogP) is 2.81. The van der Waals surface area contributed by atoms with Gasteiger partial charge < -0.3 is 4.74 Å². The van der Waals surface area contributed by atoms with Crippen molar-refractivity contribution in [3.05, 3.63) is 34.9 Å². The van der Waals surface area contributed by atoms with Gasteiger partial charge >= 0.3 is 0 Å². The maximum absolute atomic E-state index is 12.6. The number of anilines is 1. The third-order valence-electron chi connectivity index (χ3n) is 3.61.